The van der Waals surface area contributed by atoms with Crippen LogP contribution < -0.4 is 5.73 Å². The standard InChI is InChI=1S/C8H11FN4O3/c9-5-6(1-2-7(10)14)12-4-3-11-8(12)13(15)16/h3-4,6H,1-2,5H2,(H2,10,14). The lowest BCUT2D eigenvalue weighted by Gasteiger charge is -2.11. The Morgan fingerprint density at radius 2 is 2.44 bits per heavy atom. The van der Waals surface area contributed by atoms with Gasteiger partial charge in [-0.3, -0.25) is 4.79 Å². The van der Waals surface area contributed by atoms with Crippen molar-refractivity contribution in [1.82, 2.24) is 9.55 Å². The number of hydrogen-bond acceptors (Lipinski definition) is 4. The largest absolute Gasteiger partial charge is 0.434 e. The molecule has 2 N–H and O–H groups in total. The zero-order valence-electron chi connectivity index (χ0n) is 8.38. The first kappa shape index (κ1) is 12.1. The number of rotatable bonds is 6. The fraction of sp³-hybridized carbons (Fsp3) is 0.500. The Kier molecular flexibility index (Phi) is 3.92. The second-order valence-corrected chi connectivity index (χ2v) is 3.20. The lowest BCUT2D eigenvalue weighted by Crippen LogP contribution is -2.17. The van der Waals surface area contributed by atoms with E-state index in [1.165, 1.54) is 12.4 Å². The molecule has 0 saturated carbocycles. The molecule has 0 aliphatic carbocycles. The summed E-state index contributed by atoms with van der Waals surface area (Å²) in [5.74, 6) is -1.01. The highest BCUT2D eigenvalue weighted by Gasteiger charge is 2.23. The maximum atomic E-state index is 12.7. The molecule has 1 heterocycles. The first-order valence-electron chi connectivity index (χ1n) is 4.57. The zero-order chi connectivity index (χ0) is 12.1. The molecule has 1 aromatic heterocycles. The van der Waals surface area contributed by atoms with Crippen LogP contribution in [0.4, 0.5) is 10.3 Å². The highest BCUT2D eigenvalue weighted by Crippen LogP contribution is 2.20. The normalized spacial score (nSPS) is 12.3. The number of carbonyl (C=O) groups is 1. The van der Waals surface area contributed by atoms with Crippen molar-refractivity contribution in [2.24, 2.45) is 5.73 Å². The maximum absolute atomic E-state index is 12.7. The second-order valence-electron chi connectivity index (χ2n) is 3.20. The molecular weight excluding hydrogens is 219 g/mol. The van der Waals surface area contributed by atoms with Gasteiger partial charge in [-0.05, 0) is 11.3 Å². The molecule has 8 heteroatoms. The van der Waals surface area contributed by atoms with Crippen LogP contribution in [0.2, 0.25) is 0 Å². The van der Waals surface area contributed by atoms with Gasteiger partial charge in [-0.25, -0.2) is 8.96 Å². The summed E-state index contributed by atoms with van der Waals surface area (Å²) in [6.45, 7) is -0.815. The highest BCUT2D eigenvalue weighted by atomic mass is 19.1. The van der Waals surface area contributed by atoms with Gasteiger partial charge in [-0.15, -0.1) is 0 Å². The third-order valence-electron chi connectivity index (χ3n) is 2.11. The number of aromatic nitrogens is 2. The summed E-state index contributed by atoms with van der Waals surface area (Å²) in [6, 6.07) is -0.782. The number of amides is 1. The van der Waals surface area contributed by atoms with Crippen LogP contribution in [0, 0.1) is 10.1 Å². The predicted octanol–water partition coefficient (Wildman–Crippen LogP) is 0.567. The van der Waals surface area contributed by atoms with Gasteiger partial charge in [0, 0.05) is 6.42 Å². The van der Waals surface area contributed by atoms with Crippen molar-refractivity contribution in [2.45, 2.75) is 18.9 Å². The van der Waals surface area contributed by atoms with Crippen LogP contribution in [0.1, 0.15) is 18.9 Å². The lowest BCUT2D eigenvalue weighted by molar-refractivity contribution is -0.397. The van der Waals surface area contributed by atoms with Gasteiger partial charge in [0.1, 0.15) is 25.1 Å². The molecule has 0 aliphatic heterocycles. The molecule has 1 aromatic rings. The van der Waals surface area contributed by atoms with Gasteiger partial charge in [-0.1, -0.05) is 4.98 Å². The first-order chi connectivity index (χ1) is 7.56. The van der Waals surface area contributed by atoms with E-state index >= 15 is 0 Å². The summed E-state index contributed by atoms with van der Waals surface area (Å²) in [5.41, 5.74) is 4.93. The van der Waals surface area contributed by atoms with E-state index in [4.69, 9.17) is 5.73 Å². The molecule has 0 fully saturated rings. The smallest absolute Gasteiger partial charge is 0.390 e. The Morgan fingerprint density at radius 1 is 1.75 bits per heavy atom. The van der Waals surface area contributed by atoms with E-state index in [1.54, 1.807) is 0 Å². The third kappa shape index (κ3) is 2.75. The maximum Gasteiger partial charge on any atom is 0.434 e. The summed E-state index contributed by atoms with van der Waals surface area (Å²) in [7, 11) is 0. The van der Waals surface area contributed by atoms with Crippen LogP contribution in [0.15, 0.2) is 12.4 Å². The predicted molar refractivity (Wildman–Crippen MR) is 52.3 cm³/mol. The molecule has 88 valence electrons. The van der Waals surface area contributed by atoms with Crippen LogP contribution in [0.3, 0.4) is 0 Å². The number of primary amides is 1. The van der Waals surface area contributed by atoms with E-state index in [9.17, 15) is 19.3 Å². The monoisotopic (exact) mass is 230 g/mol. The topological polar surface area (TPSA) is 104 Å². The Balaban J connectivity index is 2.82. The summed E-state index contributed by atoms with van der Waals surface area (Å²) < 4.78 is 13.8. The molecule has 7 nitrogen and oxygen atoms in total. The Labute approximate surface area is 90.2 Å². The number of nitro groups is 1. The summed E-state index contributed by atoms with van der Waals surface area (Å²) in [4.78, 5) is 23.9. The molecule has 1 unspecified atom stereocenters. The second kappa shape index (κ2) is 5.19. The third-order valence-corrected chi connectivity index (χ3v) is 2.11. The average molecular weight is 230 g/mol. The van der Waals surface area contributed by atoms with Gasteiger partial charge in [-0.2, -0.15) is 0 Å². The van der Waals surface area contributed by atoms with Crippen molar-refractivity contribution in [3.8, 4) is 0 Å². The fourth-order valence-electron chi connectivity index (χ4n) is 1.33. The molecule has 1 amide bonds. The summed E-state index contributed by atoms with van der Waals surface area (Å²) in [6.07, 6.45) is 2.61. The van der Waals surface area contributed by atoms with Crippen molar-refractivity contribution < 1.29 is 14.1 Å². The number of alkyl halides is 1. The van der Waals surface area contributed by atoms with Crippen LogP contribution >= 0.6 is 0 Å². The fourth-order valence-corrected chi connectivity index (χ4v) is 1.33. The highest BCUT2D eigenvalue weighted by molar-refractivity contribution is 5.73. The molecule has 1 atom stereocenters. The SMILES string of the molecule is NC(=O)CCC(CF)n1ccnc1[N+](=O)[O-]. The van der Waals surface area contributed by atoms with E-state index in [2.05, 4.69) is 4.98 Å². The van der Waals surface area contributed by atoms with Gasteiger partial charge in [0.05, 0.1) is 0 Å². The minimum atomic E-state index is -0.815. The number of nitrogens with two attached hydrogens (primary N) is 1. The lowest BCUT2D eigenvalue weighted by atomic mass is 10.1. The van der Waals surface area contributed by atoms with Crippen molar-refractivity contribution >= 4 is 11.9 Å². The zero-order valence-corrected chi connectivity index (χ0v) is 8.38. The Hall–Kier alpha value is -1.99. The van der Waals surface area contributed by atoms with E-state index in [0.717, 1.165) is 4.57 Å². The van der Waals surface area contributed by atoms with Crippen LogP contribution in [-0.2, 0) is 4.79 Å². The molecule has 0 aliphatic rings. The number of carbonyl (C=O) groups excluding carboxylic acids is 1. The Bertz CT molecular complexity index is 392. The molecule has 0 spiro atoms. The quantitative estimate of drug-likeness (QED) is 0.569. The van der Waals surface area contributed by atoms with Crippen molar-refractivity contribution in [2.75, 3.05) is 6.67 Å². The number of halogens is 1. The Morgan fingerprint density at radius 3 is 2.94 bits per heavy atom. The molecule has 0 bridgehead atoms. The van der Waals surface area contributed by atoms with Gasteiger partial charge in [0.25, 0.3) is 0 Å². The van der Waals surface area contributed by atoms with Gasteiger partial charge in [0.2, 0.25) is 5.91 Å². The number of hydrogen-bond donors (Lipinski definition) is 1. The van der Waals surface area contributed by atoms with Gasteiger partial charge in [0.15, 0.2) is 0 Å². The molecule has 1 rings (SSSR count). The van der Waals surface area contributed by atoms with Crippen LogP contribution in [0.5, 0.6) is 0 Å². The molecule has 0 saturated heterocycles. The van der Waals surface area contributed by atoms with Crippen molar-refractivity contribution in [3.05, 3.63) is 22.5 Å². The number of nitrogens with zero attached hydrogens (tertiary/aromatic N) is 3. The van der Waals surface area contributed by atoms with E-state index in [1.807, 2.05) is 0 Å². The van der Waals surface area contributed by atoms with Crippen molar-refractivity contribution in [3.63, 3.8) is 0 Å². The van der Waals surface area contributed by atoms with Gasteiger partial charge < -0.3 is 15.8 Å². The van der Waals surface area contributed by atoms with Crippen LogP contribution in [0.25, 0.3) is 0 Å². The van der Waals surface area contributed by atoms with Crippen molar-refractivity contribution in [1.29, 1.82) is 0 Å². The average Bonchev–Trinajstić information content (AvgIpc) is 2.67. The molecule has 16 heavy (non-hydrogen) atoms. The van der Waals surface area contributed by atoms with E-state index < -0.39 is 29.5 Å². The molecule has 0 radical (unpaired) electrons. The van der Waals surface area contributed by atoms with Crippen LogP contribution in [-0.4, -0.2) is 27.1 Å². The van der Waals surface area contributed by atoms with E-state index in [0.29, 0.717) is 0 Å². The number of imidazole rings is 1. The van der Waals surface area contributed by atoms with E-state index in [-0.39, 0.29) is 12.8 Å². The minimum absolute atomic E-state index is 0.0239. The molecule has 0 aromatic carbocycles. The first-order valence-corrected chi connectivity index (χ1v) is 4.57. The summed E-state index contributed by atoms with van der Waals surface area (Å²) >= 11 is 0. The van der Waals surface area contributed by atoms with Gasteiger partial charge >= 0.3 is 5.95 Å². The molecular formula is C8H11FN4O3. The summed E-state index contributed by atoms with van der Waals surface area (Å²) in [5, 5.41) is 10.5. The minimum Gasteiger partial charge on any atom is -0.390 e.